The second kappa shape index (κ2) is 9.05. The molecule has 0 aliphatic rings. The fourth-order valence-electron chi connectivity index (χ4n) is 3.20. The van der Waals surface area contributed by atoms with Gasteiger partial charge in [-0.25, -0.2) is 4.98 Å². The standard InChI is InChI=1S/C22H25N3O3S/c1-14-5-7-17(8-6-14)23-20(26)12-21-24-19(13-29-21)18-11-15(2)25(16(18)3)10-9-22(27)28-4/h5-8,11,13H,9-10,12H2,1-4H3,(H,23,26). The molecule has 0 saturated heterocycles. The van der Waals surface area contributed by atoms with Gasteiger partial charge in [-0.15, -0.1) is 11.3 Å². The van der Waals surface area contributed by atoms with Crippen molar-refractivity contribution in [2.75, 3.05) is 12.4 Å². The average molecular weight is 412 g/mol. The van der Waals surface area contributed by atoms with Crippen molar-refractivity contribution in [1.82, 2.24) is 9.55 Å². The zero-order valence-electron chi connectivity index (χ0n) is 17.1. The van der Waals surface area contributed by atoms with Crippen LogP contribution in [0.4, 0.5) is 5.69 Å². The summed E-state index contributed by atoms with van der Waals surface area (Å²) in [6, 6.07) is 9.78. The van der Waals surface area contributed by atoms with E-state index >= 15 is 0 Å². The number of methoxy groups -OCH3 is 1. The van der Waals surface area contributed by atoms with Crippen molar-refractivity contribution in [1.29, 1.82) is 0 Å². The number of thiazole rings is 1. The number of carbonyl (C=O) groups excluding carboxylic acids is 2. The Hall–Kier alpha value is -2.93. The van der Waals surface area contributed by atoms with Crippen molar-refractivity contribution in [3.63, 3.8) is 0 Å². The Labute approximate surface area is 174 Å². The van der Waals surface area contributed by atoms with Crippen LogP contribution in [0.1, 0.15) is 28.4 Å². The van der Waals surface area contributed by atoms with Gasteiger partial charge in [0.25, 0.3) is 0 Å². The number of benzene rings is 1. The molecule has 3 rings (SSSR count). The Kier molecular flexibility index (Phi) is 6.49. The number of aromatic nitrogens is 2. The summed E-state index contributed by atoms with van der Waals surface area (Å²) < 4.78 is 6.82. The minimum Gasteiger partial charge on any atom is -0.469 e. The zero-order valence-corrected chi connectivity index (χ0v) is 17.9. The topological polar surface area (TPSA) is 73.2 Å². The molecule has 0 atom stereocenters. The molecule has 0 aliphatic heterocycles. The van der Waals surface area contributed by atoms with Gasteiger partial charge in [-0.05, 0) is 39.0 Å². The number of ether oxygens (including phenoxy) is 1. The summed E-state index contributed by atoms with van der Waals surface area (Å²) in [5.74, 6) is -0.312. The second-order valence-electron chi connectivity index (χ2n) is 6.98. The number of hydrogen-bond donors (Lipinski definition) is 1. The first kappa shape index (κ1) is 20.8. The predicted molar refractivity (Wildman–Crippen MR) is 115 cm³/mol. The molecule has 1 N–H and O–H groups in total. The van der Waals surface area contributed by atoms with Gasteiger partial charge in [0.2, 0.25) is 5.91 Å². The van der Waals surface area contributed by atoms with Gasteiger partial charge in [-0.1, -0.05) is 17.7 Å². The molecule has 0 saturated carbocycles. The van der Waals surface area contributed by atoms with Gasteiger partial charge in [0.1, 0.15) is 5.01 Å². The van der Waals surface area contributed by atoms with Crippen molar-refractivity contribution in [3.05, 3.63) is 57.7 Å². The monoisotopic (exact) mass is 411 g/mol. The lowest BCUT2D eigenvalue weighted by Crippen LogP contribution is -2.14. The molecule has 1 amide bonds. The summed E-state index contributed by atoms with van der Waals surface area (Å²) in [6.07, 6.45) is 0.563. The molecule has 0 unspecified atom stereocenters. The van der Waals surface area contributed by atoms with Crippen LogP contribution in [0.3, 0.4) is 0 Å². The lowest BCUT2D eigenvalue weighted by molar-refractivity contribution is -0.140. The van der Waals surface area contributed by atoms with Gasteiger partial charge in [0, 0.05) is 34.6 Å². The van der Waals surface area contributed by atoms with Gasteiger partial charge >= 0.3 is 5.97 Å². The molecule has 2 heterocycles. The number of esters is 1. The molecule has 7 heteroatoms. The number of rotatable bonds is 7. The lowest BCUT2D eigenvalue weighted by atomic mass is 10.2. The Morgan fingerprint density at radius 3 is 2.59 bits per heavy atom. The van der Waals surface area contributed by atoms with E-state index in [1.54, 1.807) is 0 Å². The van der Waals surface area contributed by atoms with Gasteiger partial charge in [0.05, 0.1) is 25.6 Å². The molecule has 6 nitrogen and oxygen atoms in total. The van der Waals surface area contributed by atoms with Crippen molar-refractivity contribution in [3.8, 4) is 11.3 Å². The highest BCUT2D eigenvalue weighted by Crippen LogP contribution is 2.28. The zero-order chi connectivity index (χ0) is 21.0. The number of aryl methyl sites for hydroxylation is 2. The Bertz CT molecular complexity index is 1020. The summed E-state index contributed by atoms with van der Waals surface area (Å²) >= 11 is 1.48. The van der Waals surface area contributed by atoms with Crippen molar-refractivity contribution < 1.29 is 14.3 Å². The maximum Gasteiger partial charge on any atom is 0.307 e. The van der Waals surface area contributed by atoms with Crippen LogP contribution in [0.25, 0.3) is 11.3 Å². The SMILES string of the molecule is COC(=O)CCn1c(C)cc(-c2csc(CC(=O)Nc3ccc(C)cc3)n2)c1C. The fraction of sp³-hybridized carbons (Fsp3) is 0.318. The Balaban J connectivity index is 1.68. The van der Waals surface area contributed by atoms with Crippen LogP contribution < -0.4 is 5.32 Å². The molecule has 3 aromatic rings. The molecule has 0 aliphatic carbocycles. The highest BCUT2D eigenvalue weighted by molar-refractivity contribution is 7.10. The summed E-state index contributed by atoms with van der Waals surface area (Å²) in [5, 5.41) is 5.64. The van der Waals surface area contributed by atoms with E-state index in [0.29, 0.717) is 13.0 Å². The van der Waals surface area contributed by atoms with Crippen LogP contribution in [0.5, 0.6) is 0 Å². The summed E-state index contributed by atoms with van der Waals surface area (Å²) in [5.41, 5.74) is 5.92. The predicted octanol–water partition coefficient (Wildman–Crippen LogP) is 4.28. The molecule has 0 fully saturated rings. The molecule has 0 spiro atoms. The summed E-state index contributed by atoms with van der Waals surface area (Å²) in [7, 11) is 1.40. The van der Waals surface area contributed by atoms with Crippen LogP contribution in [0.2, 0.25) is 0 Å². The molecular formula is C22H25N3O3S. The van der Waals surface area contributed by atoms with E-state index in [0.717, 1.165) is 38.9 Å². The average Bonchev–Trinajstić information content (AvgIpc) is 3.26. The van der Waals surface area contributed by atoms with Crippen LogP contribution in [-0.4, -0.2) is 28.5 Å². The number of hydrogen-bond acceptors (Lipinski definition) is 5. The van der Waals surface area contributed by atoms with Crippen LogP contribution in [0.15, 0.2) is 35.7 Å². The van der Waals surface area contributed by atoms with E-state index in [9.17, 15) is 9.59 Å². The van der Waals surface area contributed by atoms with E-state index in [4.69, 9.17) is 4.74 Å². The van der Waals surface area contributed by atoms with Crippen molar-refractivity contribution in [2.24, 2.45) is 0 Å². The van der Waals surface area contributed by atoms with E-state index in [1.165, 1.54) is 18.4 Å². The molecule has 0 radical (unpaired) electrons. The maximum atomic E-state index is 12.3. The van der Waals surface area contributed by atoms with Crippen molar-refractivity contribution >= 4 is 28.9 Å². The van der Waals surface area contributed by atoms with E-state index in [2.05, 4.69) is 20.9 Å². The minimum absolute atomic E-state index is 0.0849. The summed E-state index contributed by atoms with van der Waals surface area (Å²) in [6.45, 7) is 6.61. The lowest BCUT2D eigenvalue weighted by Gasteiger charge is -2.08. The largest absolute Gasteiger partial charge is 0.469 e. The molecule has 1 aromatic carbocycles. The second-order valence-corrected chi connectivity index (χ2v) is 7.92. The number of nitrogens with zero attached hydrogens (tertiary/aromatic N) is 2. The molecule has 0 bridgehead atoms. The smallest absolute Gasteiger partial charge is 0.307 e. The molecule has 2 aromatic heterocycles. The minimum atomic E-state index is -0.227. The first-order valence-corrected chi connectivity index (χ1v) is 10.3. The van der Waals surface area contributed by atoms with Crippen molar-refractivity contribution in [2.45, 2.75) is 40.2 Å². The Morgan fingerprint density at radius 1 is 1.17 bits per heavy atom. The maximum absolute atomic E-state index is 12.3. The fourth-order valence-corrected chi connectivity index (χ4v) is 4.00. The highest BCUT2D eigenvalue weighted by atomic mass is 32.1. The van der Waals surface area contributed by atoms with Gasteiger partial charge < -0.3 is 14.6 Å². The normalized spacial score (nSPS) is 10.8. The summed E-state index contributed by atoms with van der Waals surface area (Å²) in [4.78, 5) is 28.4. The number of carbonyl (C=O) groups is 2. The first-order chi connectivity index (χ1) is 13.9. The number of anilines is 1. The van der Waals surface area contributed by atoms with Crippen LogP contribution >= 0.6 is 11.3 Å². The van der Waals surface area contributed by atoms with E-state index in [1.807, 2.05) is 50.4 Å². The number of amides is 1. The van der Waals surface area contributed by atoms with E-state index in [-0.39, 0.29) is 18.3 Å². The third-order valence-corrected chi connectivity index (χ3v) is 5.66. The Morgan fingerprint density at radius 2 is 1.90 bits per heavy atom. The third-order valence-electron chi connectivity index (χ3n) is 4.82. The molecule has 29 heavy (non-hydrogen) atoms. The van der Waals surface area contributed by atoms with E-state index < -0.39 is 0 Å². The molecule has 152 valence electrons. The van der Waals surface area contributed by atoms with Crippen LogP contribution in [-0.2, 0) is 27.3 Å². The molecular weight excluding hydrogens is 386 g/mol. The quantitative estimate of drug-likeness (QED) is 0.589. The third kappa shape index (κ3) is 5.12. The van der Waals surface area contributed by atoms with Gasteiger partial charge in [-0.3, -0.25) is 9.59 Å². The first-order valence-electron chi connectivity index (χ1n) is 9.42. The van der Waals surface area contributed by atoms with Gasteiger partial charge in [-0.2, -0.15) is 0 Å². The highest BCUT2D eigenvalue weighted by Gasteiger charge is 2.16. The van der Waals surface area contributed by atoms with Crippen LogP contribution in [0, 0.1) is 20.8 Å². The number of nitrogens with one attached hydrogen (secondary N) is 1. The van der Waals surface area contributed by atoms with Gasteiger partial charge in [0.15, 0.2) is 0 Å².